The second-order valence-electron chi connectivity index (χ2n) is 8.35. The summed E-state index contributed by atoms with van der Waals surface area (Å²) < 4.78 is 7.74. The molecule has 3 atom stereocenters. The number of nitrogens with zero attached hydrogens (tertiary/aromatic N) is 2. The second kappa shape index (κ2) is 9.03. The number of thiophene rings is 1. The molecule has 0 radical (unpaired) electrons. The van der Waals surface area contributed by atoms with Crippen molar-refractivity contribution in [3.05, 3.63) is 65.0 Å². The second-order valence-corrected chi connectivity index (χ2v) is 9.29. The van der Waals surface area contributed by atoms with Crippen LogP contribution in [0.2, 0.25) is 0 Å². The highest BCUT2D eigenvalue weighted by Gasteiger charge is 2.25. The molecule has 0 amide bonds. The Morgan fingerprint density at radius 2 is 1.94 bits per heavy atom. The van der Waals surface area contributed by atoms with Gasteiger partial charge in [-0.3, -0.25) is 9.72 Å². The van der Waals surface area contributed by atoms with Gasteiger partial charge in [0.05, 0.1) is 19.0 Å². The van der Waals surface area contributed by atoms with Crippen LogP contribution in [0.15, 0.2) is 60.1 Å². The van der Waals surface area contributed by atoms with E-state index in [9.17, 15) is 5.11 Å². The van der Waals surface area contributed by atoms with Gasteiger partial charge in [-0.2, -0.15) is 0 Å². The lowest BCUT2D eigenvalue weighted by atomic mass is 9.91. The van der Waals surface area contributed by atoms with E-state index in [-0.39, 0.29) is 12.1 Å². The summed E-state index contributed by atoms with van der Waals surface area (Å²) in [6, 6.07) is 16.6. The minimum atomic E-state index is -0.728. The standard InChI is InChI=1S/C25H28N4O2S/c1-31-24-13-17(16-7-3-2-4-8-16)12-23-27-14-21(29(23)24)18-11-22(32-15-18)25(30)28-20-10-6-5-9-19(20)26/h2-4,7-8,11-15,19-20,25,28,30H,5-6,9-10,26H2,1H3. The van der Waals surface area contributed by atoms with Crippen molar-refractivity contribution in [3.8, 4) is 28.3 Å². The van der Waals surface area contributed by atoms with Gasteiger partial charge >= 0.3 is 0 Å². The van der Waals surface area contributed by atoms with Gasteiger partial charge in [0, 0.05) is 34.0 Å². The van der Waals surface area contributed by atoms with E-state index in [4.69, 9.17) is 10.5 Å². The van der Waals surface area contributed by atoms with Crippen molar-refractivity contribution in [2.75, 3.05) is 7.11 Å². The first-order chi connectivity index (χ1) is 15.6. The highest BCUT2D eigenvalue weighted by atomic mass is 32.1. The van der Waals surface area contributed by atoms with Crippen LogP contribution in [0.4, 0.5) is 0 Å². The van der Waals surface area contributed by atoms with E-state index in [1.165, 1.54) is 17.8 Å². The van der Waals surface area contributed by atoms with Crippen molar-refractivity contribution in [3.63, 3.8) is 0 Å². The van der Waals surface area contributed by atoms with Crippen LogP contribution in [-0.4, -0.2) is 33.7 Å². The van der Waals surface area contributed by atoms with Gasteiger partial charge in [0.1, 0.15) is 11.9 Å². The first-order valence-corrected chi connectivity index (χ1v) is 11.9. The van der Waals surface area contributed by atoms with Crippen LogP contribution in [0.1, 0.15) is 36.8 Å². The number of nitrogens with two attached hydrogens (primary N) is 1. The number of aliphatic hydroxyl groups is 1. The number of pyridine rings is 1. The molecule has 1 aliphatic rings. The van der Waals surface area contributed by atoms with E-state index < -0.39 is 6.23 Å². The molecular weight excluding hydrogens is 420 g/mol. The monoisotopic (exact) mass is 448 g/mol. The van der Waals surface area contributed by atoms with Crippen LogP contribution in [0.5, 0.6) is 5.88 Å². The molecule has 1 fully saturated rings. The minimum absolute atomic E-state index is 0.0969. The van der Waals surface area contributed by atoms with E-state index in [0.29, 0.717) is 5.88 Å². The summed E-state index contributed by atoms with van der Waals surface area (Å²) in [5.41, 5.74) is 11.2. The molecule has 1 aromatic carbocycles. The Balaban J connectivity index is 1.45. The molecule has 5 rings (SSSR count). The number of nitrogens with one attached hydrogen (secondary N) is 1. The number of aliphatic hydroxyl groups excluding tert-OH is 1. The number of benzene rings is 1. The fourth-order valence-corrected chi connectivity index (χ4v) is 5.35. The van der Waals surface area contributed by atoms with Gasteiger partial charge in [0.15, 0.2) is 5.88 Å². The molecule has 32 heavy (non-hydrogen) atoms. The number of methoxy groups -OCH3 is 1. The van der Waals surface area contributed by atoms with Crippen LogP contribution in [0.25, 0.3) is 28.0 Å². The lowest BCUT2D eigenvalue weighted by molar-refractivity contribution is 0.111. The van der Waals surface area contributed by atoms with Gasteiger partial charge in [-0.25, -0.2) is 4.98 Å². The Morgan fingerprint density at radius 1 is 1.12 bits per heavy atom. The summed E-state index contributed by atoms with van der Waals surface area (Å²) in [5, 5.41) is 16.1. The smallest absolute Gasteiger partial charge is 0.200 e. The highest BCUT2D eigenvalue weighted by molar-refractivity contribution is 7.10. The zero-order valence-electron chi connectivity index (χ0n) is 18.1. The van der Waals surface area contributed by atoms with Crippen molar-refractivity contribution in [1.82, 2.24) is 14.7 Å². The Morgan fingerprint density at radius 3 is 2.72 bits per heavy atom. The van der Waals surface area contributed by atoms with E-state index >= 15 is 0 Å². The van der Waals surface area contributed by atoms with Crippen LogP contribution < -0.4 is 15.8 Å². The number of aromatic nitrogens is 2. The molecule has 0 aliphatic heterocycles. The Bertz CT molecular complexity index is 1200. The molecule has 0 saturated heterocycles. The topological polar surface area (TPSA) is 84.8 Å². The molecule has 166 valence electrons. The van der Waals surface area contributed by atoms with Gasteiger partial charge < -0.3 is 15.6 Å². The van der Waals surface area contributed by atoms with E-state index in [2.05, 4.69) is 33.9 Å². The van der Waals surface area contributed by atoms with Gasteiger partial charge in [-0.1, -0.05) is 43.2 Å². The lowest BCUT2D eigenvalue weighted by Crippen LogP contribution is -2.48. The predicted molar refractivity (Wildman–Crippen MR) is 129 cm³/mol. The summed E-state index contributed by atoms with van der Waals surface area (Å²) >= 11 is 1.53. The first-order valence-electron chi connectivity index (χ1n) is 11.0. The summed E-state index contributed by atoms with van der Waals surface area (Å²) in [6.45, 7) is 0. The summed E-state index contributed by atoms with van der Waals surface area (Å²) in [4.78, 5) is 5.51. The third-order valence-corrected chi connectivity index (χ3v) is 7.25. The maximum absolute atomic E-state index is 10.8. The third kappa shape index (κ3) is 4.04. The average Bonchev–Trinajstić information content (AvgIpc) is 3.48. The van der Waals surface area contributed by atoms with E-state index in [0.717, 1.165) is 52.2 Å². The molecular formula is C25H28N4O2S. The molecule has 3 unspecified atom stereocenters. The predicted octanol–water partition coefficient (Wildman–Crippen LogP) is 4.59. The number of ether oxygens (including phenoxy) is 1. The molecule has 6 nitrogen and oxygen atoms in total. The van der Waals surface area contributed by atoms with Crippen LogP contribution in [0, 0.1) is 0 Å². The van der Waals surface area contributed by atoms with E-state index in [1.54, 1.807) is 7.11 Å². The quantitative estimate of drug-likeness (QED) is 0.376. The molecule has 0 spiro atoms. The molecule has 1 aliphatic carbocycles. The number of rotatable bonds is 6. The van der Waals surface area contributed by atoms with Crippen molar-refractivity contribution in [1.29, 1.82) is 0 Å². The summed E-state index contributed by atoms with van der Waals surface area (Å²) in [6.07, 6.45) is 5.46. The Labute approximate surface area is 191 Å². The molecule has 0 bridgehead atoms. The number of hydrogen-bond donors (Lipinski definition) is 3. The normalized spacial score (nSPS) is 19.8. The summed E-state index contributed by atoms with van der Waals surface area (Å²) in [7, 11) is 1.67. The van der Waals surface area contributed by atoms with Crippen LogP contribution in [-0.2, 0) is 0 Å². The number of fused-ring (bicyclic) bond motifs is 1. The van der Waals surface area contributed by atoms with Crippen molar-refractivity contribution in [2.24, 2.45) is 5.73 Å². The van der Waals surface area contributed by atoms with Gasteiger partial charge in [-0.05, 0) is 36.1 Å². The lowest BCUT2D eigenvalue weighted by Gasteiger charge is -2.31. The molecule has 1 saturated carbocycles. The van der Waals surface area contributed by atoms with Gasteiger partial charge in [0.25, 0.3) is 0 Å². The fraction of sp³-hybridized carbons (Fsp3) is 0.320. The number of hydrogen-bond acceptors (Lipinski definition) is 6. The third-order valence-electron chi connectivity index (χ3n) is 6.27. The largest absolute Gasteiger partial charge is 0.482 e. The van der Waals surface area contributed by atoms with Crippen molar-refractivity contribution < 1.29 is 9.84 Å². The highest BCUT2D eigenvalue weighted by Crippen LogP contribution is 2.34. The maximum Gasteiger partial charge on any atom is 0.200 e. The maximum atomic E-state index is 10.8. The van der Waals surface area contributed by atoms with Gasteiger partial charge in [0.2, 0.25) is 0 Å². The molecule has 4 N–H and O–H groups in total. The van der Waals surface area contributed by atoms with E-state index in [1.807, 2.05) is 40.9 Å². The van der Waals surface area contributed by atoms with Crippen LogP contribution >= 0.6 is 11.3 Å². The Hall–Kier alpha value is -2.71. The van der Waals surface area contributed by atoms with Crippen LogP contribution in [0.3, 0.4) is 0 Å². The molecule has 7 heteroatoms. The average molecular weight is 449 g/mol. The Kier molecular flexibility index (Phi) is 5.97. The molecule has 4 aromatic rings. The zero-order valence-corrected chi connectivity index (χ0v) is 18.9. The zero-order chi connectivity index (χ0) is 22.1. The van der Waals surface area contributed by atoms with Crippen molar-refractivity contribution >= 4 is 17.0 Å². The summed E-state index contributed by atoms with van der Waals surface area (Å²) in [5.74, 6) is 0.716. The first kappa shape index (κ1) is 21.2. The molecule has 3 heterocycles. The SMILES string of the molecule is COc1cc(-c2ccccc2)cc2ncc(-c3csc(C(O)NC4CCCCC4N)c3)n12. The van der Waals surface area contributed by atoms with Gasteiger partial charge in [-0.15, -0.1) is 11.3 Å². The molecule has 3 aromatic heterocycles. The minimum Gasteiger partial charge on any atom is -0.482 e. The number of imidazole rings is 1. The van der Waals surface area contributed by atoms with Crippen molar-refractivity contribution in [2.45, 2.75) is 44.0 Å². The fourth-order valence-electron chi connectivity index (χ4n) is 4.51.